The Hall–Kier alpha value is -6.34. The van der Waals surface area contributed by atoms with Crippen LogP contribution in [0.2, 0.25) is 0 Å². The van der Waals surface area contributed by atoms with E-state index in [2.05, 4.69) is 0 Å². The Morgan fingerprint density at radius 3 is 0.984 bits per heavy atom. The topological polar surface area (TPSA) is 139 Å². The Bertz CT molecular complexity index is 2420. The summed E-state index contributed by atoms with van der Waals surface area (Å²) < 4.78 is 51.7. The molecule has 0 amide bonds. The summed E-state index contributed by atoms with van der Waals surface area (Å²) in [5.74, 6) is -1.19. The van der Waals surface area contributed by atoms with Gasteiger partial charge in [0.1, 0.15) is 11.5 Å². The summed E-state index contributed by atoms with van der Waals surface area (Å²) in [7, 11) is -7.66. The van der Waals surface area contributed by atoms with Crippen LogP contribution in [-0.4, -0.2) is 43.0 Å². The summed E-state index contributed by atoms with van der Waals surface area (Å²) in [5, 5.41) is 1.59. The summed E-state index contributed by atoms with van der Waals surface area (Å²) in [4.78, 5) is 54.4. The maximum Gasteiger partial charge on any atom is 0.347 e. The molecule has 0 atom stereocenters. The summed E-state index contributed by atoms with van der Waals surface area (Å²) in [6.07, 6.45) is 0. The molecule has 0 saturated carbocycles. The maximum atomic E-state index is 14.9. The summed E-state index contributed by atoms with van der Waals surface area (Å²) in [6, 6.07) is 38.0. The van der Waals surface area contributed by atoms with Crippen molar-refractivity contribution in [3.8, 4) is 11.5 Å². The molecular formula is C49H46O10P2. The van der Waals surface area contributed by atoms with Gasteiger partial charge in [0.2, 0.25) is 32.1 Å². The van der Waals surface area contributed by atoms with E-state index in [1.165, 1.54) is 0 Å². The average Bonchev–Trinajstić information content (AvgIpc) is 3.26. The number of benzene rings is 6. The Balaban J connectivity index is 1.10. The van der Waals surface area contributed by atoms with Crippen LogP contribution >= 0.6 is 14.3 Å². The molecule has 0 heterocycles. The lowest BCUT2D eigenvalue weighted by Crippen LogP contribution is -2.24. The van der Waals surface area contributed by atoms with Crippen LogP contribution in [0.15, 0.2) is 133 Å². The molecule has 0 bridgehead atoms. The first-order valence-electron chi connectivity index (χ1n) is 19.5. The van der Waals surface area contributed by atoms with Crippen LogP contribution in [0.3, 0.4) is 0 Å². The van der Waals surface area contributed by atoms with E-state index in [0.717, 1.165) is 0 Å². The molecule has 0 aliphatic heterocycles. The molecule has 0 N–H and O–H groups in total. The van der Waals surface area contributed by atoms with Crippen molar-refractivity contribution >= 4 is 58.5 Å². The van der Waals surface area contributed by atoms with E-state index in [4.69, 9.17) is 18.9 Å². The third kappa shape index (κ3) is 9.07. The summed E-state index contributed by atoms with van der Waals surface area (Å²) in [6.45, 7) is 8.54. The van der Waals surface area contributed by atoms with Crippen LogP contribution in [0.1, 0.15) is 54.1 Å². The molecule has 0 fully saturated rings. The van der Waals surface area contributed by atoms with E-state index in [-0.39, 0.29) is 22.6 Å². The van der Waals surface area contributed by atoms with Crippen molar-refractivity contribution in [1.29, 1.82) is 0 Å². The Labute approximate surface area is 355 Å². The van der Waals surface area contributed by atoms with Crippen molar-refractivity contribution in [2.75, 3.05) is 20.0 Å². The monoisotopic (exact) mass is 856 g/mol. The van der Waals surface area contributed by atoms with Gasteiger partial charge in [-0.1, -0.05) is 133 Å². The zero-order chi connectivity index (χ0) is 43.9. The largest absolute Gasteiger partial charge is 0.481 e. The average molecular weight is 857 g/mol. The van der Waals surface area contributed by atoms with Crippen molar-refractivity contribution in [1.82, 2.24) is 0 Å². The van der Waals surface area contributed by atoms with E-state index in [1.54, 1.807) is 175 Å². The van der Waals surface area contributed by atoms with Gasteiger partial charge in [-0.2, -0.15) is 0 Å². The molecule has 0 aliphatic carbocycles. The van der Waals surface area contributed by atoms with Gasteiger partial charge in [-0.3, -0.25) is 9.59 Å². The van der Waals surface area contributed by atoms with Crippen molar-refractivity contribution in [2.24, 2.45) is 0 Å². The van der Waals surface area contributed by atoms with Crippen LogP contribution in [-0.2, 0) is 28.2 Å². The number of aryl methyl sites for hydroxylation is 4. The second kappa shape index (κ2) is 18.9. The minimum atomic E-state index is -3.83. The Morgan fingerprint density at radius 1 is 0.426 bits per heavy atom. The number of hydrogen-bond acceptors (Lipinski definition) is 10. The number of carbonyl (C=O) groups excluding carboxylic acids is 4. The highest BCUT2D eigenvalue weighted by Crippen LogP contribution is 2.50. The molecule has 12 heteroatoms. The first-order valence-corrected chi connectivity index (χ1v) is 22.9. The highest BCUT2D eigenvalue weighted by molar-refractivity contribution is 7.94. The van der Waals surface area contributed by atoms with Crippen molar-refractivity contribution in [2.45, 2.75) is 41.5 Å². The van der Waals surface area contributed by atoms with Gasteiger partial charge in [0.15, 0.2) is 13.2 Å². The van der Waals surface area contributed by atoms with Crippen molar-refractivity contribution in [3.63, 3.8) is 0 Å². The quantitative estimate of drug-likeness (QED) is 0.0530. The van der Waals surface area contributed by atoms with Crippen LogP contribution in [0.5, 0.6) is 11.5 Å². The van der Waals surface area contributed by atoms with Crippen LogP contribution in [0.25, 0.3) is 0 Å². The molecule has 6 aromatic rings. The summed E-state index contributed by atoms with van der Waals surface area (Å²) >= 11 is 0. The van der Waals surface area contributed by atoms with Crippen molar-refractivity contribution < 1.29 is 47.3 Å². The van der Waals surface area contributed by atoms with Gasteiger partial charge in [-0.25, -0.2) is 9.59 Å². The fourth-order valence-corrected chi connectivity index (χ4v) is 12.8. The minimum Gasteiger partial charge on any atom is -0.481 e. The molecule has 0 radical (unpaired) electrons. The van der Waals surface area contributed by atoms with Crippen LogP contribution < -0.4 is 30.7 Å². The lowest BCUT2D eigenvalue weighted by Gasteiger charge is -2.22. The predicted molar refractivity (Wildman–Crippen MR) is 238 cm³/mol. The van der Waals surface area contributed by atoms with E-state index in [1.807, 2.05) is 0 Å². The molecule has 0 aromatic heterocycles. The number of carbonyl (C=O) groups is 4. The molecular weight excluding hydrogens is 810 g/mol. The minimum absolute atomic E-state index is 0.232. The van der Waals surface area contributed by atoms with E-state index in [0.29, 0.717) is 54.6 Å². The fourth-order valence-electron chi connectivity index (χ4n) is 7.58. The zero-order valence-electron chi connectivity index (χ0n) is 34.8. The molecule has 10 nitrogen and oxygen atoms in total. The molecule has 312 valence electrons. The lowest BCUT2D eigenvalue weighted by molar-refractivity contribution is -0.169. The Kier molecular flexibility index (Phi) is 13.7. The molecule has 0 spiro atoms. The molecule has 0 unspecified atom stereocenters. The Morgan fingerprint density at radius 2 is 0.705 bits per heavy atom. The smallest absolute Gasteiger partial charge is 0.347 e. The number of rotatable bonds is 16. The molecule has 61 heavy (non-hydrogen) atoms. The van der Waals surface area contributed by atoms with Gasteiger partial charge in [0.25, 0.3) is 0 Å². The van der Waals surface area contributed by atoms with Crippen LogP contribution in [0, 0.1) is 41.5 Å². The highest BCUT2D eigenvalue weighted by Gasteiger charge is 2.40. The number of esters is 2. The van der Waals surface area contributed by atoms with Gasteiger partial charge in [-0.15, -0.1) is 0 Å². The van der Waals surface area contributed by atoms with E-state index < -0.39 is 57.3 Å². The third-order valence-electron chi connectivity index (χ3n) is 10.4. The van der Waals surface area contributed by atoms with E-state index in [9.17, 15) is 28.3 Å². The third-order valence-corrected chi connectivity index (χ3v) is 16.1. The van der Waals surface area contributed by atoms with Crippen LogP contribution in [0.4, 0.5) is 0 Å². The predicted octanol–water partition coefficient (Wildman–Crippen LogP) is 8.35. The first-order chi connectivity index (χ1) is 29.2. The lowest BCUT2D eigenvalue weighted by atomic mass is 9.99. The molecule has 0 saturated heterocycles. The highest BCUT2D eigenvalue weighted by atomic mass is 31.2. The fraction of sp³-hybridized carbons (Fsp3) is 0.184. The molecule has 6 rings (SSSR count). The SMILES string of the molecule is Cc1cc(C)c(C(=O)P(=O)(c2ccccc2)c2ccccc2)c(C)c1OCC(=O)OCOC(=O)COc1c(C)cc(C)c(C(=O)P(=O)(c2ccccc2)c2ccccc2)c1C. The molecule has 0 aliphatic rings. The number of hydrogen-bond donors (Lipinski definition) is 0. The second-order valence-electron chi connectivity index (χ2n) is 14.6. The van der Waals surface area contributed by atoms with Gasteiger partial charge < -0.3 is 28.1 Å². The zero-order valence-corrected chi connectivity index (χ0v) is 36.6. The second-order valence-corrected chi connectivity index (χ2v) is 19.9. The van der Waals surface area contributed by atoms with Crippen molar-refractivity contribution in [3.05, 3.63) is 178 Å². The normalized spacial score (nSPS) is 11.4. The van der Waals surface area contributed by atoms with E-state index >= 15 is 0 Å². The summed E-state index contributed by atoms with van der Waals surface area (Å²) in [5.41, 5.74) is 2.69. The molecule has 6 aromatic carbocycles. The van der Waals surface area contributed by atoms with Gasteiger partial charge in [0, 0.05) is 43.5 Å². The number of ether oxygens (including phenoxy) is 4. The van der Waals surface area contributed by atoms with Gasteiger partial charge in [-0.05, 0) is 63.8 Å². The van der Waals surface area contributed by atoms with Gasteiger partial charge >= 0.3 is 11.9 Å². The maximum absolute atomic E-state index is 14.9. The standard InChI is InChI=1S/C49H46O10P2/c1-32-27-34(3)46(36(5)44(32)48(52)60(54,38-19-11-7-12-20-38)39-21-13-8-14-22-39)56-29-42(50)58-31-59-43(51)30-57-47-35(4)28-33(2)45(37(47)6)49(53)61(55,40-23-15-9-16-24-40)41-25-17-10-18-26-41/h7-28H,29-31H2,1-6H3. The van der Waals surface area contributed by atoms with Gasteiger partial charge in [0.05, 0.1) is 0 Å². The first kappa shape index (κ1) is 44.2.